The summed E-state index contributed by atoms with van der Waals surface area (Å²) < 4.78 is 5.92. The number of carbonyl (C=O) groups excluding carboxylic acids is 1. The van der Waals surface area contributed by atoms with Crippen molar-refractivity contribution in [2.75, 3.05) is 5.32 Å². The van der Waals surface area contributed by atoms with Gasteiger partial charge in [-0.15, -0.1) is 0 Å². The van der Waals surface area contributed by atoms with Crippen molar-refractivity contribution in [2.45, 2.75) is 59.5 Å². The number of aryl methyl sites for hydroxylation is 2. The number of hydrogen-bond donors (Lipinski definition) is 1. The first kappa shape index (κ1) is 19.0. The molecule has 3 heteroatoms. The third kappa shape index (κ3) is 5.09. The molecule has 25 heavy (non-hydrogen) atoms. The maximum atomic E-state index is 12.6. The Morgan fingerprint density at radius 3 is 2.24 bits per heavy atom. The van der Waals surface area contributed by atoms with Crippen molar-refractivity contribution in [1.82, 2.24) is 0 Å². The van der Waals surface area contributed by atoms with Gasteiger partial charge >= 0.3 is 0 Å². The van der Waals surface area contributed by atoms with Crippen LogP contribution in [0.4, 0.5) is 5.69 Å². The first-order chi connectivity index (χ1) is 11.7. The van der Waals surface area contributed by atoms with Gasteiger partial charge in [0.1, 0.15) is 5.75 Å². The van der Waals surface area contributed by atoms with Gasteiger partial charge in [0.05, 0.1) is 0 Å². The van der Waals surface area contributed by atoms with Crippen molar-refractivity contribution >= 4 is 11.6 Å². The van der Waals surface area contributed by atoms with Crippen LogP contribution in [-0.2, 0) is 10.2 Å². The summed E-state index contributed by atoms with van der Waals surface area (Å²) in [6, 6.07) is 14.0. The molecule has 0 fully saturated rings. The number of rotatable bonds is 5. The fraction of sp³-hybridized carbons (Fsp3) is 0.409. The molecular formula is C22H29NO2. The Morgan fingerprint density at radius 2 is 1.72 bits per heavy atom. The molecule has 0 aliphatic rings. The van der Waals surface area contributed by atoms with Crippen molar-refractivity contribution in [2.24, 2.45) is 0 Å². The Balaban J connectivity index is 2.07. The smallest absolute Gasteiger partial charge is 0.265 e. The lowest BCUT2D eigenvalue weighted by Gasteiger charge is -2.21. The van der Waals surface area contributed by atoms with Gasteiger partial charge in [0.15, 0.2) is 6.10 Å². The lowest BCUT2D eigenvalue weighted by molar-refractivity contribution is -0.122. The van der Waals surface area contributed by atoms with Crippen LogP contribution >= 0.6 is 0 Å². The number of amides is 1. The SMILES string of the molecule is CCC(Oc1ccc(C(C)(C)C)cc1)C(=O)Nc1ccc(C)cc1C. The highest BCUT2D eigenvalue weighted by Crippen LogP contribution is 2.25. The molecule has 3 nitrogen and oxygen atoms in total. The van der Waals surface area contributed by atoms with E-state index in [-0.39, 0.29) is 11.3 Å². The molecule has 0 aliphatic heterocycles. The van der Waals surface area contributed by atoms with Crippen molar-refractivity contribution in [3.63, 3.8) is 0 Å². The van der Waals surface area contributed by atoms with E-state index in [1.807, 2.05) is 45.0 Å². The average molecular weight is 339 g/mol. The first-order valence-corrected chi connectivity index (χ1v) is 8.86. The van der Waals surface area contributed by atoms with E-state index < -0.39 is 6.10 Å². The lowest BCUT2D eigenvalue weighted by Crippen LogP contribution is -2.32. The van der Waals surface area contributed by atoms with Gasteiger partial charge in [0.2, 0.25) is 0 Å². The van der Waals surface area contributed by atoms with Crippen LogP contribution in [0.25, 0.3) is 0 Å². The Kier molecular flexibility index (Phi) is 5.89. The molecule has 0 aliphatic carbocycles. The van der Waals surface area contributed by atoms with E-state index in [0.717, 1.165) is 17.0 Å². The molecular weight excluding hydrogens is 310 g/mol. The van der Waals surface area contributed by atoms with E-state index in [1.165, 1.54) is 11.1 Å². The van der Waals surface area contributed by atoms with Crippen LogP contribution in [0.5, 0.6) is 5.75 Å². The molecule has 0 saturated heterocycles. The largest absolute Gasteiger partial charge is 0.481 e. The van der Waals surface area contributed by atoms with E-state index in [2.05, 4.69) is 44.3 Å². The highest BCUT2D eigenvalue weighted by atomic mass is 16.5. The normalized spacial score (nSPS) is 12.6. The summed E-state index contributed by atoms with van der Waals surface area (Å²) in [6.45, 7) is 12.5. The maximum absolute atomic E-state index is 12.6. The third-order valence-electron chi connectivity index (χ3n) is 4.30. The second-order valence-corrected chi connectivity index (χ2v) is 7.60. The second kappa shape index (κ2) is 7.73. The topological polar surface area (TPSA) is 38.3 Å². The van der Waals surface area contributed by atoms with Gasteiger partial charge in [-0.2, -0.15) is 0 Å². The molecule has 2 rings (SSSR count). The summed E-state index contributed by atoms with van der Waals surface area (Å²) in [4.78, 5) is 12.6. The number of benzene rings is 2. The molecule has 0 heterocycles. The van der Waals surface area contributed by atoms with Gasteiger partial charge in [0, 0.05) is 5.69 Å². The quantitative estimate of drug-likeness (QED) is 0.792. The minimum absolute atomic E-state index is 0.100. The Hall–Kier alpha value is -2.29. The van der Waals surface area contributed by atoms with E-state index >= 15 is 0 Å². The second-order valence-electron chi connectivity index (χ2n) is 7.60. The lowest BCUT2D eigenvalue weighted by atomic mass is 9.87. The fourth-order valence-electron chi connectivity index (χ4n) is 2.69. The van der Waals surface area contributed by atoms with Crippen molar-refractivity contribution in [3.05, 3.63) is 59.2 Å². The van der Waals surface area contributed by atoms with E-state index in [4.69, 9.17) is 4.74 Å². The molecule has 0 saturated carbocycles. The molecule has 1 amide bonds. The maximum Gasteiger partial charge on any atom is 0.265 e. The third-order valence-corrected chi connectivity index (χ3v) is 4.30. The van der Waals surface area contributed by atoms with Gasteiger partial charge in [-0.25, -0.2) is 0 Å². The van der Waals surface area contributed by atoms with Gasteiger partial charge in [-0.1, -0.05) is 57.5 Å². The summed E-state index contributed by atoms with van der Waals surface area (Å²) in [5.41, 5.74) is 4.41. The highest BCUT2D eigenvalue weighted by Gasteiger charge is 2.20. The van der Waals surface area contributed by atoms with Crippen LogP contribution < -0.4 is 10.1 Å². The number of ether oxygens (including phenoxy) is 1. The number of nitrogens with one attached hydrogen (secondary N) is 1. The molecule has 134 valence electrons. The minimum Gasteiger partial charge on any atom is -0.481 e. The van der Waals surface area contributed by atoms with Crippen LogP contribution in [0, 0.1) is 13.8 Å². The van der Waals surface area contributed by atoms with E-state index in [0.29, 0.717) is 6.42 Å². The van der Waals surface area contributed by atoms with Crippen molar-refractivity contribution < 1.29 is 9.53 Å². The molecule has 2 aromatic carbocycles. The summed E-state index contributed by atoms with van der Waals surface area (Å²) >= 11 is 0. The van der Waals surface area contributed by atoms with Crippen molar-refractivity contribution in [1.29, 1.82) is 0 Å². The van der Waals surface area contributed by atoms with Crippen LogP contribution in [0.1, 0.15) is 50.8 Å². The summed E-state index contributed by atoms with van der Waals surface area (Å²) in [6.07, 6.45) is 0.0961. The zero-order valence-corrected chi connectivity index (χ0v) is 16.1. The van der Waals surface area contributed by atoms with Gasteiger partial charge in [0.25, 0.3) is 5.91 Å². The molecule has 1 unspecified atom stereocenters. The molecule has 2 aromatic rings. The highest BCUT2D eigenvalue weighted by molar-refractivity contribution is 5.95. The zero-order valence-electron chi connectivity index (χ0n) is 16.1. The van der Waals surface area contributed by atoms with E-state index in [1.54, 1.807) is 0 Å². The van der Waals surface area contributed by atoms with Gasteiger partial charge in [-0.3, -0.25) is 4.79 Å². The van der Waals surface area contributed by atoms with Gasteiger partial charge < -0.3 is 10.1 Å². The summed E-state index contributed by atoms with van der Waals surface area (Å²) in [5.74, 6) is 0.602. The minimum atomic E-state index is -0.513. The zero-order chi connectivity index (χ0) is 18.6. The molecule has 0 aromatic heterocycles. The Labute approximate surface area is 151 Å². The fourth-order valence-corrected chi connectivity index (χ4v) is 2.69. The van der Waals surface area contributed by atoms with Crippen LogP contribution in [0.15, 0.2) is 42.5 Å². The predicted octanol–water partition coefficient (Wildman–Crippen LogP) is 5.40. The number of anilines is 1. The van der Waals surface area contributed by atoms with Gasteiger partial charge in [-0.05, 0) is 55.0 Å². The standard InChI is InChI=1S/C22H29NO2/c1-7-20(21(24)23-19-13-8-15(2)14-16(19)3)25-18-11-9-17(10-12-18)22(4,5)6/h8-14,20H,7H2,1-6H3,(H,23,24). The Morgan fingerprint density at radius 1 is 1.08 bits per heavy atom. The van der Waals surface area contributed by atoms with Crippen molar-refractivity contribution in [3.8, 4) is 5.75 Å². The summed E-state index contributed by atoms with van der Waals surface area (Å²) in [7, 11) is 0. The molecule has 0 bridgehead atoms. The number of carbonyl (C=O) groups is 1. The summed E-state index contributed by atoms with van der Waals surface area (Å²) in [5, 5.41) is 2.98. The monoisotopic (exact) mass is 339 g/mol. The van der Waals surface area contributed by atoms with Crippen LogP contribution in [0.2, 0.25) is 0 Å². The predicted molar refractivity (Wildman–Crippen MR) is 104 cm³/mol. The Bertz CT molecular complexity index is 727. The first-order valence-electron chi connectivity index (χ1n) is 8.86. The molecule has 1 atom stereocenters. The van der Waals surface area contributed by atoms with Crippen LogP contribution in [-0.4, -0.2) is 12.0 Å². The number of hydrogen-bond acceptors (Lipinski definition) is 2. The molecule has 0 radical (unpaired) electrons. The molecule has 1 N–H and O–H groups in total. The average Bonchev–Trinajstić information content (AvgIpc) is 2.54. The molecule has 0 spiro atoms. The van der Waals surface area contributed by atoms with Crippen LogP contribution in [0.3, 0.4) is 0 Å². The van der Waals surface area contributed by atoms with E-state index in [9.17, 15) is 4.79 Å².